The molecule has 0 radical (unpaired) electrons. The van der Waals surface area contributed by atoms with Crippen LogP contribution in [0.2, 0.25) is 19.6 Å². The van der Waals surface area contributed by atoms with Gasteiger partial charge in [0.15, 0.2) is 0 Å². The van der Waals surface area contributed by atoms with Crippen molar-refractivity contribution in [2.45, 2.75) is 58.3 Å². The van der Waals surface area contributed by atoms with Crippen molar-refractivity contribution in [2.75, 3.05) is 0 Å². The van der Waals surface area contributed by atoms with E-state index in [9.17, 15) is 0 Å². The van der Waals surface area contributed by atoms with Gasteiger partial charge in [-0.15, -0.1) is 5.92 Å². The maximum Gasteiger partial charge on any atom is 0.0668 e. The van der Waals surface area contributed by atoms with Gasteiger partial charge in [0.05, 0.1) is 8.07 Å². The van der Waals surface area contributed by atoms with Crippen molar-refractivity contribution in [3.8, 4) is 11.8 Å². The van der Waals surface area contributed by atoms with Gasteiger partial charge >= 0.3 is 0 Å². The number of rotatable bonds is 4. The lowest BCUT2D eigenvalue weighted by molar-refractivity contribution is 0.827. The molecule has 0 aliphatic carbocycles. The van der Waals surface area contributed by atoms with Gasteiger partial charge in [-0.1, -0.05) is 68.7 Å². The van der Waals surface area contributed by atoms with Crippen molar-refractivity contribution in [1.29, 1.82) is 0 Å². The van der Waals surface area contributed by atoms with Gasteiger partial charge in [0.2, 0.25) is 0 Å². The predicted octanol–water partition coefficient (Wildman–Crippen LogP) is 5.15. The predicted molar refractivity (Wildman–Crippen MR) is 84.6 cm³/mol. The van der Waals surface area contributed by atoms with E-state index in [1.54, 1.807) is 0 Å². The molecule has 0 aromatic heterocycles. The average Bonchev–Trinajstić information content (AvgIpc) is 2.29. The lowest BCUT2D eigenvalue weighted by Crippen LogP contribution is -2.30. The minimum atomic E-state index is -1.28. The van der Waals surface area contributed by atoms with Gasteiger partial charge in [-0.2, -0.15) is 0 Å². The van der Waals surface area contributed by atoms with Gasteiger partial charge in [0, 0.05) is 12.0 Å². The number of aryl methyl sites for hydroxylation is 1. The highest BCUT2D eigenvalue weighted by Crippen LogP contribution is 2.26. The molecule has 1 atom stereocenters. The lowest BCUT2D eigenvalue weighted by Gasteiger charge is -2.24. The summed E-state index contributed by atoms with van der Waals surface area (Å²) in [5.41, 5.74) is 3.20. The van der Waals surface area contributed by atoms with E-state index < -0.39 is 8.07 Å². The maximum atomic E-state index is 3.54. The molecule has 1 aromatic carbocycles. The van der Waals surface area contributed by atoms with Crippen LogP contribution in [0.25, 0.3) is 0 Å². The Morgan fingerprint density at radius 1 is 1.11 bits per heavy atom. The van der Waals surface area contributed by atoms with E-state index in [0.29, 0.717) is 5.54 Å². The Morgan fingerprint density at radius 2 is 1.72 bits per heavy atom. The van der Waals surface area contributed by atoms with Crippen LogP contribution >= 0.6 is 0 Å². The molecular formula is C17H26Si. The molecule has 0 fully saturated rings. The van der Waals surface area contributed by atoms with Crippen molar-refractivity contribution in [2.24, 2.45) is 0 Å². The summed E-state index contributed by atoms with van der Waals surface area (Å²) in [6, 6.07) is 8.92. The number of hydrogen-bond donors (Lipinski definition) is 0. The second kappa shape index (κ2) is 6.80. The second-order valence-corrected chi connectivity index (χ2v) is 11.4. The van der Waals surface area contributed by atoms with Gasteiger partial charge in [-0.05, 0) is 18.9 Å². The highest BCUT2D eigenvalue weighted by molar-refractivity contribution is 6.78. The van der Waals surface area contributed by atoms with E-state index in [-0.39, 0.29) is 0 Å². The fourth-order valence-electron chi connectivity index (χ4n) is 2.00. The van der Waals surface area contributed by atoms with Crippen LogP contribution in [0, 0.1) is 18.8 Å². The van der Waals surface area contributed by atoms with Crippen LogP contribution in [-0.2, 0) is 0 Å². The molecule has 1 heteroatoms. The highest BCUT2D eigenvalue weighted by Gasteiger charge is 2.26. The summed E-state index contributed by atoms with van der Waals surface area (Å²) in [6.07, 6.45) is 3.50. The van der Waals surface area contributed by atoms with Crippen LogP contribution < -0.4 is 0 Å². The molecule has 0 amide bonds. The number of benzene rings is 1. The zero-order valence-electron chi connectivity index (χ0n) is 12.5. The fraction of sp³-hybridized carbons (Fsp3) is 0.529. The maximum absolute atomic E-state index is 3.54. The van der Waals surface area contributed by atoms with Gasteiger partial charge in [0.25, 0.3) is 0 Å². The summed E-state index contributed by atoms with van der Waals surface area (Å²) < 4.78 is 0. The van der Waals surface area contributed by atoms with E-state index in [1.165, 1.54) is 24.0 Å². The Bertz CT molecular complexity index is 412. The fourth-order valence-corrected chi connectivity index (χ4v) is 3.73. The molecule has 1 aromatic rings. The van der Waals surface area contributed by atoms with Gasteiger partial charge < -0.3 is 0 Å². The minimum absolute atomic E-state index is 0.468. The SMILES string of the molecule is CCCCC#CC(c1ccc(C)cc1)[Si](C)(C)C. The zero-order valence-corrected chi connectivity index (χ0v) is 13.5. The molecule has 0 aliphatic heterocycles. The summed E-state index contributed by atoms with van der Waals surface area (Å²) in [7, 11) is -1.28. The van der Waals surface area contributed by atoms with Crippen molar-refractivity contribution in [3.05, 3.63) is 35.4 Å². The topological polar surface area (TPSA) is 0 Å². The van der Waals surface area contributed by atoms with Crippen molar-refractivity contribution in [1.82, 2.24) is 0 Å². The first-order valence-corrected chi connectivity index (χ1v) is 10.6. The van der Waals surface area contributed by atoms with E-state index >= 15 is 0 Å². The number of hydrogen-bond acceptors (Lipinski definition) is 0. The Balaban J connectivity index is 2.91. The molecule has 0 nitrogen and oxygen atoms in total. The summed E-state index contributed by atoms with van der Waals surface area (Å²) in [4.78, 5) is 0. The summed E-state index contributed by atoms with van der Waals surface area (Å²) >= 11 is 0. The van der Waals surface area contributed by atoms with Gasteiger partial charge in [-0.3, -0.25) is 0 Å². The first kappa shape index (κ1) is 15.1. The Labute approximate surface area is 114 Å². The van der Waals surface area contributed by atoms with E-state index in [0.717, 1.165) is 6.42 Å². The van der Waals surface area contributed by atoms with Crippen molar-refractivity contribution in [3.63, 3.8) is 0 Å². The summed E-state index contributed by atoms with van der Waals surface area (Å²) in [6.45, 7) is 11.6. The van der Waals surface area contributed by atoms with E-state index in [1.807, 2.05) is 0 Å². The lowest BCUT2D eigenvalue weighted by atomic mass is 10.1. The van der Waals surface area contributed by atoms with Crippen LogP contribution in [0.15, 0.2) is 24.3 Å². The highest BCUT2D eigenvalue weighted by atomic mass is 28.3. The molecular weight excluding hydrogens is 232 g/mol. The molecule has 0 bridgehead atoms. The second-order valence-electron chi connectivity index (χ2n) is 6.13. The summed E-state index contributed by atoms with van der Waals surface area (Å²) in [5.74, 6) is 6.93. The van der Waals surface area contributed by atoms with E-state index in [4.69, 9.17) is 0 Å². The van der Waals surface area contributed by atoms with Crippen LogP contribution in [-0.4, -0.2) is 8.07 Å². The summed E-state index contributed by atoms with van der Waals surface area (Å²) in [5, 5.41) is 0. The van der Waals surface area contributed by atoms with Gasteiger partial charge in [0.1, 0.15) is 0 Å². The molecule has 1 unspecified atom stereocenters. The molecule has 18 heavy (non-hydrogen) atoms. The third-order valence-electron chi connectivity index (χ3n) is 3.18. The van der Waals surface area contributed by atoms with Crippen LogP contribution in [0.3, 0.4) is 0 Å². The smallest absolute Gasteiger partial charge is 0.0668 e. The minimum Gasteiger partial charge on any atom is -0.103 e. The molecule has 0 aliphatic rings. The Kier molecular flexibility index (Phi) is 5.69. The van der Waals surface area contributed by atoms with Crippen molar-refractivity contribution < 1.29 is 0 Å². The average molecular weight is 258 g/mol. The van der Waals surface area contributed by atoms with Crippen LogP contribution in [0.4, 0.5) is 0 Å². The zero-order chi connectivity index (χ0) is 13.6. The van der Waals surface area contributed by atoms with Crippen LogP contribution in [0.5, 0.6) is 0 Å². The molecule has 0 heterocycles. The quantitative estimate of drug-likeness (QED) is 0.398. The van der Waals surface area contributed by atoms with Gasteiger partial charge in [-0.25, -0.2) is 0 Å². The molecule has 1 rings (SSSR count). The van der Waals surface area contributed by atoms with Crippen LogP contribution in [0.1, 0.15) is 42.9 Å². The monoisotopic (exact) mass is 258 g/mol. The standard InChI is InChI=1S/C17H26Si/c1-6-7-8-9-10-17(18(3,4)5)16-13-11-15(2)12-14-16/h11-14,17H,6-8H2,1-5H3. The Morgan fingerprint density at radius 3 is 2.22 bits per heavy atom. The Hall–Kier alpha value is -1.00. The van der Waals surface area contributed by atoms with Crippen molar-refractivity contribution >= 4 is 8.07 Å². The third kappa shape index (κ3) is 4.70. The van der Waals surface area contributed by atoms with E-state index in [2.05, 4.69) is 69.6 Å². The first-order valence-electron chi connectivity index (χ1n) is 7.00. The molecule has 0 N–H and O–H groups in total. The first-order chi connectivity index (χ1) is 8.45. The molecule has 0 saturated heterocycles. The largest absolute Gasteiger partial charge is 0.103 e. The molecule has 0 spiro atoms. The molecule has 0 saturated carbocycles. The molecule has 98 valence electrons. The normalized spacial score (nSPS) is 12.7. The third-order valence-corrected chi connectivity index (χ3v) is 5.39. The number of unbranched alkanes of at least 4 members (excludes halogenated alkanes) is 2.